The summed E-state index contributed by atoms with van der Waals surface area (Å²) in [5.41, 5.74) is 1.23. The van der Waals surface area contributed by atoms with Crippen molar-refractivity contribution in [1.29, 1.82) is 0 Å². The van der Waals surface area contributed by atoms with Gasteiger partial charge in [-0.2, -0.15) is 4.98 Å². The summed E-state index contributed by atoms with van der Waals surface area (Å²) in [6, 6.07) is 1.21. The molecule has 1 aromatic rings. The van der Waals surface area contributed by atoms with Gasteiger partial charge in [-0.1, -0.05) is 11.2 Å². The van der Waals surface area contributed by atoms with Gasteiger partial charge < -0.3 is 4.52 Å². The fraction of sp³-hybridized carbons (Fsp3) is 0.636. The van der Waals surface area contributed by atoms with Crippen molar-refractivity contribution in [2.24, 2.45) is 0 Å². The van der Waals surface area contributed by atoms with Crippen LogP contribution < -0.4 is 0 Å². The summed E-state index contributed by atoms with van der Waals surface area (Å²) in [7, 11) is 2.19. The average Bonchev–Trinajstić information content (AvgIpc) is 2.72. The van der Waals surface area contributed by atoms with Crippen LogP contribution in [0.2, 0.25) is 0 Å². The maximum atomic E-state index is 5.25. The van der Waals surface area contributed by atoms with Gasteiger partial charge in [-0.15, -0.1) is 0 Å². The smallest absolute Gasteiger partial charge is 0.255 e. The zero-order chi connectivity index (χ0) is 10.4. The van der Waals surface area contributed by atoms with Crippen molar-refractivity contribution in [1.82, 2.24) is 15.0 Å². The summed E-state index contributed by atoms with van der Waals surface area (Å²) < 4.78 is 5.25. The van der Waals surface area contributed by atoms with Gasteiger partial charge in [0.1, 0.15) is 0 Å². The van der Waals surface area contributed by atoms with Gasteiger partial charge in [0.15, 0.2) is 5.82 Å². The molecule has 0 N–H and O–H groups in total. The van der Waals surface area contributed by atoms with Crippen LogP contribution >= 0.6 is 0 Å². The standard InChI is InChI=1S/C11H15N3O/c1-7-12-11(15-13-7)9-5-3-8-4-6-10(9)14(8)2/h5,8,10H,3-4,6H2,1-2H3/t8-,10-/m0/s1. The average molecular weight is 205 g/mol. The molecule has 2 aliphatic rings. The van der Waals surface area contributed by atoms with Gasteiger partial charge >= 0.3 is 0 Å². The van der Waals surface area contributed by atoms with Crippen LogP contribution in [0.5, 0.6) is 0 Å². The minimum Gasteiger partial charge on any atom is -0.334 e. The van der Waals surface area contributed by atoms with Gasteiger partial charge in [0, 0.05) is 17.7 Å². The first-order valence-corrected chi connectivity index (χ1v) is 5.48. The van der Waals surface area contributed by atoms with Gasteiger partial charge in [0.25, 0.3) is 5.89 Å². The van der Waals surface area contributed by atoms with Gasteiger partial charge in [-0.25, -0.2) is 0 Å². The highest BCUT2D eigenvalue weighted by Gasteiger charge is 2.37. The molecule has 80 valence electrons. The van der Waals surface area contributed by atoms with Gasteiger partial charge in [-0.3, -0.25) is 4.90 Å². The van der Waals surface area contributed by atoms with E-state index in [0.29, 0.717) is 17.8 Å². The second kappa shape index (κ2) is 3.17. The van der Waals surface area contributed by atoms with Crippen LogP contribution in [-0.2, 0) is 0 Å². The first-order chi connectivity index (χ1) is 7.25. The first-order valence-electron chi connectivity index (χ1n) is 5.48. The Labute approximate surface area is 89.0 Å². The normalized spacial score (nSPS) is 30.7. The molecule has 1 saturated heterocycles. The molecule has 15 heavy (non-hydrogen) atoms. The molecule has 2 aliphatic heterocycles. The predicted octanol–water partition coefficient (Wildman–Crippen LogP) is 1.63. The molecule has 0 amide bonds. The van der Waals surface area contributed by atoms with Crippen molar-refractivity contribution in [3.63, 3.8) is 0 Å². The second-order valence-corrected chi connectivity index (χ2v) is 4.45. The molecule has 0 saturated carbocycles. The number of aromatic nitrogens is 2. The van der Waals surface area contributed by atoms with E-state index in [4.69, 9.17) is 4.52 Å². The van der Waals surface area contributed by atoms with Crippen LogP contribution in [0.4, 0.5) is 0 Å². The van der Waals surface area contributed by atoms with Crippen LogP contribution in [0.1, 0.15) is 31.0 Å². The van der Waals surface area contributed by atoms with E-state index in [2.05, 4.69) is 28.2 Å². The zero-order valence-corrected chi connectivity index (χ0v) is 9.10. The third-order valence-electron chi connectivity index (χ3n) is 3.58. The SMILES string of the molecule is Cc1noc(C2=CC[C@H]3CC[C@@H]2N3C)n1. The van der Waals surface area contributed by atoms with Crippen molar-refractivity contribution >= 4 is 5.57 Å². The zero-order valence-electron chi connectivity index (χ0n) is 9.10. The Hall–Kier alpha value is -1.16. The van der Waals surface area contributed by atoms with Crippen LogP contribution in [-0.4, -0.2) is 34.2 Å². The minimum absolute atomic E-state index is 0.489. The van der Waals surface area contributed by atoms with Crippen molar-refractivity contribution in [3.8, 4) is 0 Å². The number of hydrogen-bond donors (Lipinski definition) is 0. The fourth-order valence-corrected chi connectivity index (χ4v) is 2.71. The molecule has 0 spiro atoms. The van der Waals surface area contributed by atoms with Crippen molar-refractivity contribution in [2.75, 3.05) is 7.05 Å². The lowest BCUT2D eigenvalue weighted by atomic mass is 10.0. The summed E-state index contributed by atoms with van der Waals surface area (Å²) in [6.07, 6.45) is 5.89. The maximum Gasteiger partial charge on any atom is 0.255 e. The third kappa shape index (κ3) is 1.32. The highest BCUT2D eigenvalue weighted by Crippen LogP contribution is 2.38. The van der Waals surface area contributed by atoms with E-state index < -0.39 is 0 Å². The highest BCUT2D eigenvalue weighted by atomic mass is 16.5. The Kier molecular flexibility index (Phi) is 1.92. The summed E-state index contributed by atoms with van der Waals surface area (Å²) >= 11 is 0. The number of aryl methyl sites for hydroxylation is 1. The molecule has 1 aromatic heterocycles. The maximum absolute atomic E-state index is 5.25. The number of nitrogens with zero attached hydrogens (tertiary/aromatic N) is 3. The van der Waals surface area contributed by atoms with Crippen molar-refractivity contribution in [2.45, 2.75) is 38.3 Å². The summed E-state index contributed by atoms with van der Waals surface area (Å²) in [4.78, 5) is 6.75. The third-order valence-corrected chi connectivity index (χ3v) is 3.58. The Morgan fingerprint density at radius 3 is 3.07 bits per heavy atom. The highest BCUT2D eigenvalue weighted by molar-refractivity contribution is 5.65. The molecule has 3 rings (SSSR count). The number of rotatable bonds is 1. The second-order valence-electron chi connectivity index (χ2n) is 4.45. The van der Waals surface area contributed by atoms with E-state index in [1.165, 1.54) is 18.4 Å². The largest absolute Gasteiger partial charge is 0.334 e. The van der Waals surface area contributed by atoms with Crippen LogP contribution in [0.25, 0.3) is 5.57 Å². The van der Waals surface area contributed by atoms with Gasteiger partial charge in [0.2, 0.25) is 0 Å². The lowest BCUT2D eigenvalue weighted by molar-refractivity contribution is 0.262. The van der Waals surface area contributed by atoms with E-state index in [0.717, 1.165) is 12.5 Å². The number of likely N-dealkylation sites (N-methyl/N-ethyl adjacent to an activating group) is 1. The first kappa shape index (κ1) is 9.09. The van der Waals surface area contributed by atoms with E-state index >= 15 is 0 Å². The molecule has 3 heterocycles. The molecule has 0 radical (unpaired) electrons. The van der Waals surface area contributed by atoms with E-state index in [9.17, 15) is 0 Å². The molecule has 0 aliphatic carbocycles. The summed E-state index contributed by atoms with van der Waals surface area (Å²) in [5.74, 6) is 1.43. The molecule has 2 atom stereocenters. The van der Waals surface area contributed by atoms with Crippen LogP contribution in [0.3, 0.4) is 0 Å². The van der Waals surface area contributed by atoms with E-state index in [1.807, 2.05) is 6.92 Å². The molecular weight excluding hydrogens is 190 g/mol. The Morgan fingerprint density at radius 1 is 1.47 bits per heavy atom. The quantitative estimate of drug-likeness (QED) is 0.698. The van der Waals surface area contributed by atoms with Crippen LogP contribution in [0, 0.1) is 6.92 Å². The Morgan fingerprint density at radius 2 is 2.33 bits per heavy atom. The van der Waals surface area contributed by atoms with Gasteiger partial charge in [0.05, 0.1) is 0 Å². The minimum atomic E-state index is 0.489. The van der Waals surface area contributed by atoms with Crippen LogP contribution in [0.15, 0.2) is 10.6 Å². The number of hydrogen-bond acceptors (Lipinski definition) is 4. The Bertz CT molecular complexity index is 410. The number of fused-ring (bicyclic) bond motifs is 2. The fourth-order valence-electron chi connectivity index (χ4n) is 2.71. The topological polar surface area (TPSA) is 42.2 Å². The molecule has 0 aromatic carbocycles. The molecule has 2 bridgehead atoms. The molecule has 1 fully saturated rings. The van der Waals surface area contributed by atoms with Gasteiger partial charge in [-0.05, 0) is 33.2 Å². The molecule has 4 nitrogen and oxygen atoms in total. The lowest BCUT2D eigenvalue weighted by Gasteiger charge is -2.29. The van der Waals surface area contributed by atoms with Crippen molar-refractivity contribution < 1.29 is 4.52 Å². The van der Waals surface area contributed by atoms with E-state index in [-0.39, 0.29) is 0 Å². The molecule has 4 heteroatoms. The predicted molar refractivity (Wildman–Crippen MR) is 56.2 cm³/mol. The summed E-state index contributed by atoms with van der Waals surface area (Å²) in [5, 5.41) is 3.85. The van der Waals surface area contributed by atoms with Crippen molar-refractivity contribution in [3.05, 3.63) is 17.8 Å². The monoisotopic (exact) mass is 205 g/mol. The Balaban J connectivity index is 1.97. The molecular formula is C11H15N3O. The molecule has 0 unspecified atom stereocenters. The van der Waals surface area contributed by atoms with E-state index in [1.54, 1.807) is 0 Å². The lowest BCUT2D eigenvalue weighted by Crippen LogP contribution is -2.35. The summed E-state index contributed by atoms with van der Waals surface area (Å²) in [6.45, 7) is 1.86.